The summed E-state index contributed by atoms with van der Waals surface area (Å²) in [5.41, 5.74) is 4.51. The van der Waals surface area contributed by atoms with Crippen LogP contribution in [0.5, 0.6) is 0 Å². The van der Waals surface area contributed by atoms with E-state index in [1.54, 1.807) is 0 Å². The number of fused-ring (bicyclic) bond motifs is 1. The van der Waals surface area contributed by atoms with Gasteiger partial charge < -0.3 is 9.64 Å². The SMILES string of the molecule is CN(C)CCC1(c2ccc(-c3ccccc3)cc2)Cc2ccccc2C(=O)O1.Cl. The molecule has 1 aliphatic heterocycles. The molecule has 0 radical (unpaired) electrons. The van der Waals surface area contributed by atoms with Crippen molar-refractivity contribution in [1.82, 2.24) is 4.90 Å². The van der Waals surface area contributed by atoms with Gasteiger partial charge in [-0.1, -0.05) is 72.8 Å². The highest BCUT2D eigenvalue weighted by Gasteiger charge is 2.41. The summed E-state index contributed by atoms with van der Waals surface area (Å²) in [4.78, 5) is 14.9. The Kier molecular flexibility index (Phi) is 6.41. The van der Waals surface area contributed by atoms with Crippen molar-refractivity contribution in [2.24, 2.45) is 0 Å². The number of hydrogen-bond acceptors (Lipinski definition) is 3. The molecule has 0 N–H and O–H groups in total. The Bertz CT molecular complexity index is 970. The van der Waals surface area contributed by atoms with E-state index in [-0.39, 0.29) is 18.4 Å². The first-order valence-electron chi connectivity index (χ1n) is 9.69. The van der Waals surface area contributed by atoms with E-state index < -0.39 is 5.60 Å². The van der Waals surface area contributed by atoms with Crippen molar-refractivity contribution >= 4 is 18.4 Å². The summed E-state index contributed by atoms with van der Waals surface area (Å²) in [5.74, 6) is -0.229. The fraction of sp³-hybridized carbons (Fsp3) is 0.240. The number of esters is 1. The maximum Gasteiger partial charge on any atom is 0.339 e. The molecule has 1 aliphatic rings. The van der Waals surface area contributed by atoms with Gasteiger partial charge >= 0.3 is 5.97 Å². The second kappa shape index (κ2) is 8.81. The van der Waals surface area contributed by atoms with Gasteiger partial charge in [0.15, 0.2) is 0 Å². The molecule has 4 heteroatoms. The summed E-state index contributed by atoms with van der Waals surface area (Å²) in [5, 5.41) is 0. The Morgan fingerprint density at radius 1 is 0.862 bits per heavy atom. The number of hydrogen-bond donors (Lipinski definition) is 0. The fourth-order valence-corrected chi connectivity index (χ4v) is 3.90. The van der Waals surface area contributed by atoms with Gasteiger partial charge in [-0.25, -0.2) is 4.79 Å². The molecule has 0 bridgehead atoms. The third kappa shape index (κ3) is 4.36. The van der Waals surface area contributed by atoms with Crippen LogP contribution < -0.4 is 0 Å². The highest BCUT2D eigenvalue weighted by Crippen LogP contribution is 2.40. The summed E-state index contributed by atoms with van der Waals surface area (Å²) in [6.07, 6.45) is 1.46. The van der Waals surface area contributed by atoms with E-state index in [4.69, 9.17) is 4.74 Å². The minimum absolute atomic E-state index is 0. The Balaban J connectivity index is 0.00000240. The van der Waals surface area contributed by atoms with Gasteiger partial charge in [0.1, 0.15) is 5.60 Å². The molecule has 0 amide bonds. The van der Waals surface area contributed by atoms with Gasteiger partial charge in [-0.3, -0.25) is 0 Å². The zero-order valence-corrected chi connectivity index (χ0v) is 17.6. The molecule has 0 spiro atoms. The first kappa shape index (κ1) is 21.1. The second-order valence-corrected chi connectivity index (χ2v) is 7.71. The lowest BCUT2D eigenvalue weighted by molar-refractivity contribution is -0.0355. The lowest BCUT2D eigenvalue weighted by atomic mass is 9.80. The molecule has 0 saturated carbocycles. The van der Waals surface area contributed by atoms with E-state index in [0.29, 0.717) is 12.0 Å². The largest absolute Gasteiger partial charge is 0.450 e. The lowest BCUT2D eigenvalue weighted by Gasteiger charge is -2.39. The van der Waals surface area contributed by atoms with Crippen molar-refractivity contribution in [1.29, 1.82) is 0 Å². The molecule has 0 aromatic heterocycles. The molecule has 1 atom stereocenters. The molecule has 0 fully saturated rings. The standard InChI is InChI=1S/C25H25NO2.ClH/c1-26(2)17-16-25(18-21-10-6-7-11-23(21)24(27)28-25)22-14-12-20(13-15-22)19-8-4-3-5-9-19;/h3-15H,16-18H2,1-2H3;1H. The molecule has 0 aliphatic carbocycles. The van der Waals surface area contributed by atoms with Crippen LogP contribution in [0.2, 0.25) is 0 Å². The topological polar surface area (TPSA) is 29.5 Å². The van der Waals surface area contributed by atoms with Gasteiger partial charge in [0.25, 0.3) is 0 Å². The van der Waals surface area contributed by atoms with Gasteiger partial charge in [-0.2, -0.15) is 0 Å². The molecular formula is C25H26ClNO2. The number of carbonyl (C=O) groups is 1. The summed E-state index contributed by atoms with van der Waals surface area (Å²) >= 11 is 0. The molecule has 150 valence electrons. The number of ether oxygens (including phenoxy) is 1. The number of rotatable bonds is 5. The van der Waals surface area contributed by atoms with Crippen molar-refractivity contribution in [3.8, 4) is 11.1 Å². The van der Waals surface area contributed by atoms with Gasteiger partial charge in [-0.15, -0.1) is 12.4 Å². The van der Waals surface area contributed by atoms with E-state index in [1.807, 2.05) is 56.6 Å². The first-order valence-corrected chi connectivity index (χ1v) is 9.69. The molecule has 1 unspecified atom stereocenters. The summed E-state index contributed by atoms with van der Waals surface area (Å²) in [7, 11) is 4.09. The normalized spacial score (nSPS) is 18.0. The Morgan fingerprint density at radius 3 is 2.17 bits per heavy atom. The number of halogens is 1. The van der Waals surface area contributed by atoms with Crippen molar-refractivity contribution < 1.29 is 9.53 Å². The van der Waals surface area contributed by atoms with E-state index >= 15 is 0 Å². The van der Waals surface area contributed by atoms with Crippen LogP contribution in [0.3, 0.4) is 0 Å². The van der Waals surface area contributed by atoms with Gasteiger partial charge in [0.2, 0.25) is 0 Å². The Labute approximate surface area is 178 Å². The van der Waals surface area contributed by atoms with E-state index in [0.717, 1.165) is 29.7 Å². The van der Waals surface area contributed by atoms with Crippen LogP contribution >= 0.6 is 12.4 Å². The zero-order chi connectivity index (χ0) is 19.6. The van der Waals surface area contributed by atoms with Crippen molar-refractivity contribution in [2.45, 2.75) is 18.4 Å². The monoisotopic (exact) mass is 407 g/mol. The number of carbonyl (C=O) groups excluding carboxylic acids is 1. The van der Waals surface area contributed by atoms with E-state index in [1.165, 1.54) is 5.56 Å². The lowest BCUT2D eigenvalue weighted by Crippen LogP contribution is -2.41. The highest BCUT2D eigenvalue weighted by atomic mass is 35.5. The average Bonchev–Trinajstić information content (AvgIpc) is 2.73. The van der Waals surface area contributed by atoms with Gasteiger partial charge in [-0.05, 0) is 42.4 Å². The number of cyclic esters (lactones) is 1. The third-order valence-corrected chi connectivity index (χ3v) is 5.48. The Morgan fingerprint density at radius 2 is 1.48 bits per heavy atom. The third-order valence-electron chi connectivity index (χ3n) is 5.48. The van der Waals surface area contributed by atoms with Gasteiger partial charge in [0.05, 0.1) is 5.56 Å². The fourth-order valence-electron chi connectivity index (χ4n) is 3.90. The maximum absolute atomic E-state index is 12.8. The van der Waals surface area contributed by atoms with Crippen molar-refractivity contribution in [3.63, 3.8) is 0 Å². The molecule has 4 rings (SSSR count). The predicted octanol–water partition coefficient (Wildman–Crippen LogP) is 5.34. The molecule has 1 heterocycles. The molecule has 29 heavy (non-hydrogen) atoms. The maximum atomic E-state index is 12.8. The number of nitrogens with zero attached hydrogens (tertiary/aromatic N) is 1. The molecule has 0 saturated heterocycles. The minimum Gasteiger partial charge on any atom is -0.450 e. The van der Waals surface area contributed by atoms with Gasteiger partial charge in [0, 0.05) is 19.4 Å². The van der Waals surface area contributed by atoms with Crippen LogP contribution in [-0.4, -0.2) is 31.5 Å². The van der Waals surface area contributed by atoms with E-state index in [9.17, 15) is 4.79 Å². The van der Waals surface area contributed by atoms with E-state index in [2.05, 4.69) is 41.3 Å². The minimum atomic E-state index is -0.634. The highest BCUT2D eigenvalue weighted by molar-refractivity contribution is 5.92. The molecule has 3 nitrogen and oxygen atoms in total. The van der Waals surface area contributed by atoms with Crippen molar-refractivity contribution in [3.05, 3.63) is 95.6 Å². The smallest absolute Gasteiger partial charge is 0.339 e. The second-order valence-electron chi connectivity index (χ2n) is 7.71. The van der Waals surface area contributed by atoms with Crippen LogP contribution in [0.1, 0.15) is 27.9 Å². The zero-order valence-electron chi connectivity index (χ0n) is 16.8. The van der Waals surface area contributed by atoms with Crippen LogP contribution in [-0.2, 0) is 16.8 Å². The summed E-state index contributed by atoms with van der Waals surface area (Å²) < 4.78 is 6.12. The summed E-state index contributed by atoms with van der Waals surface area (Å²) in [6, 6.07) is 26.6. The quantitative estimate of drug-likeness (QED) is 0.535. The summed E-state index contributed by atoms with van der Waals surface area (Å²) in [6.45, 7) is 0.843. The van der Waals surface area contributed by atoms with Crippen LogP contribution in [0.25, 0.3) is 11.1 Å². The molecule has 3 aromatic rings. The average molecular weight is 408 g/mol. The van der Waals surface area contributed by atoms with Crippen LogP contribution in [0.15, 0.2) is 78.9 Å². The first-order chi connectivity index (χ1) is 13.6. The Hall–Kier alpha value is -2.62. The molecular weight excluding hydrogens is 382 g/mol. The molecule has 3 aromatic carbocycles. The van der Waals surface area contributed by atoms with Crippen LogP contribution in [0, 0.1) is 0 Å². The van der Waals surface area contributed by atoms with Crippen molar-refractivity contribution in [2.75, 3.05) is 20.6 Å². The van der Waals surface area contributed by atoms with Crippen LogP contribution in [0.4, 0.5) is 0 Å². The predicted molar refractivity (Wildman–Crippen MR) is 120 cm³/mol. The number of benzene rings is 3.